The summed E-state index contributed by atoms with van der Waals surface area (Å²) in [6.45, 7) is 0. The molecule has 0 aliphatic carbocycles. The van der Waals surface area contributed by atoms with E-state index in [9.17, 15) is 14.7 Å². The predicted molar refractivity (Wildman–Crippen MR) is 97.4 cm³/mol. The molecule has 0 fully saturated rings. The topological polar surface area (TPSA) is 108 Å². The van der Waals surface area contributed by atoms with Gasteiger partial charge in [-0.3, -0.25) is 9.78 Å². The van der Waals surface area contributed by atoms with Crippen molar-refractivity contribution in [2.24, 2.45) is 10.2 Å². The van der Waals surface area contributed by atoms with Crippen LogP contribution < -0.4 is 5.43 Å². The number of rotatable bonds is 3. The van der Waals surface area contributed by atoms with Crippen molar-refractivity contribution in [3.05, 3.63) is 76.7 Å². The quantitative estimate of drug-likeness (QED) is 0.543. The van der Waals surface area contributed by atoms with Crippen LogP contribution in [0.4, 0.5) is 11.4 Å². The Morgan fingerprint density at radius 1 is 1.04 bits per heavy atom. The Labute approximate surface area is 146 Å². The molecule has 4 rings (SSSR count). The maximum atomic E-state index is 12.6. The van der Waals surface area contributed by atoms with Crippen LogP contribution in [0.2, 0.25) is 0 Å². The number of H-pyrrole nitrogens is 1. The van der Waals surface area contributed by atoms with E-state index in [1.54, 1.807) is 54.7 Å². The van der Waals surface area contributed by atoms with Gasteiger partial charge in [0.05, 0.1) is 16.7 Å². The number of carboxylic acid groups (broad SMARTS) is 1. The number of nitrogens with one attached hydrogen (secondary N) is 1. The third kappa shape index (κ3) is 2.71. The van der Waals surface area contributed by atoms with Crippen LogP contribution in [-0.4, -0.2) is 21.0 Å². The van der Waals surface area contributed by atoms with Crippen molar-refractivity contribution in [3.8, 4) is 0 Å². The molecule has 0 bridgehead atoms. The van der Waals surface area contributed by atoms with Crippen LogP contribution >= 0.6 is 0 Å². The molecule has 2 aromatic carbocycles. The molecule has 4 aromatic rings. The molecule has 2 aromatic heterocycles. The maximum absolute atomic E-state index is 12.6. The first-order valence-corrected chi connectivity index (χ1v) is 7.78. The molecule has 7 heteroatoms. The van der Waals surface area contributed by atoms with E-state index in [-0.39, 0.29) is 11.4 Å². The Morgan fingerprint density at radius 2 is 1.88 bits per heavy atom. The van der Waals surface area contributed by atoms with Gasteiger partial charge in [-0.15, -0.1) is 5.11 Å². The number of fused-ring (bicyclic) bond motifs is 2. The van der Waals surface area contributed by atoms with Gasteiger partial charge in [0.2, 0.25) is 5.43 Å². The second-order valence-corrected chi connectivity index (χ2v) is 5.61. The molecular weight excluding hydrogens is 332 g/mol. The number of aromatic nitrogens is 2. The molecule has 2 heterocycles. The smallest absolute Gasteiger partial charge is 0.354 e. The van der Waals surface area contributed by atoms with Gasteiger partial charge in [-0.2, -0.15) is 5.11 Å². The Kier molecular flexibility index (Phi) is 3.74. The van der Waals surface area contributed by atoms with Crippen molar-refractivity contribution in [1.29, 1.82) is 0 Å². The highest BCUT2D eigenvalue weighted by Gasteiger charge is 2.17. The van der Waals surface area contributed by atoms with Crippen molar-refractivity contribution < 1.29 is 9.90 Å². The van der Waals surface area contributed by atoms with E-state index in [1.807, 2.05) is 6.07 Å². The average molecular weight is 344 g/mol. The Hall–Kier alpha value is -3.87. The molecule has 0 radical (unpaired) electrons. The number of para-hydroxylation sites is 1. The zero-order chi connectivity index (χ0) is 18.1. The van der Waals surface area contributed by atoms with Crippen LogP contribution in [-0.2, 0) is 0 Å². The Bertz CT molecular complexity index is 1240. The molecule has 0 saturated carbocycles. The van der Waals surface area contributed by atoms with Gasteiger partial charge in [-0.1, -0.05) is 18.2 Å². The Balaban J connectivity index is 1.86. The molecule has 0 saturated heterocycles. The minimum absolute atomic E-state index is 0.234. The molecule has 0 atom stereocenters. The van der Waals surface area contributed by atoms with Gasteiger partial charge in [0, 0.05) is 17.0 Å². The van der Waals surface area contributed by atoms with Crippen LogP contribution in [0.15, 0.2) is 75.8 Å². The molecule has 0 aliphatic rings. The van der Waals surface area contributed by atoms with E-state index in [1.165, 1.54) is 0 Å². The molecule has 7 nitrogen and oxygen atoms in total. The minimum atomic E-state index is -1.27. The molecule has 126 valence electrons. The van der Waals surface area contributed by atoms with Crippen LogP contribution in [0.5, 0.6) is 0 Å². The summed E-state index contributed by atoms with van der Waals surface area (Å²) in [4.78, 5) is 31.1. The third-order valence-corrected chi connectivity index (χ3v) is 3.95. The number of pyridine rings is 2. The van der Waals surface area contributed by atoms with E-state index >= 15 is 0 Å². The molecule has 26 heavy (non-hydrogen) atoms. The number of carboxylic acids is 1. The number of azo groups is 1. The summed E-state index contributed by atoms with van der Waals surface area (Å²) in [5.74, 6) is -1.27. The summed E-state index contributed by atoms with van der Waals surface area (Å²) >= 11 is 0. The normalized spacial score (nSPS) is 11.4. The highest BCUT2D eigenvalue weighted by molar-refractivity contribution is 5.95. The van der Waals surface area contributed by atoms with Gasteiger partial charge in [0.25, 0.3) is 0 Å². The van der Waals surface area contributed by atoms with Crippen LogP contribution in [0, 0.1) is 0 Å². The highest BCUT2D eigenvalue weighted by atomic mass is 16.4. The first kappa shape index (κ1) is 15.6. The lowest BCUT2D eigenvalue weighted by Gasteiger charge is -2.04. The Morgan fingerprint density at radius 3 is 2.73 bits per heavy atom. The number of aromatic amines is 1. The first-order valence-electron chi connectivity index (χ1n) is 7.78. The molecule has 0 aliphatic heterocycles. The van der Waals surface area contributed by atoms with Crippen molar-refractivity contribution in [3.63, 3.8) is 0 Å². The van der Waals surface area contributed by atoms with E-state index in [0.717, 1.165) is 10.9 Å². The molecule has 0 amide bonds. The fourth-order valence-corrected chi connectivity index (χ4v) is 2.71. The summed E-state index contributed by atoms with van der Waals surface area (Å²) < 4.78 is 0. The zero-order valence-electron chi connectivity index (χ0n) is 13.4. The lowest BCUT2D eigenvalue weighted by atomic mass is 10.1. The van der Waals surface area contributed by atoms with E-state index in [0.29, 0.717) is 16.6 Å². The predicted octanol–water partition coefficient (Wildman–Crippen LogP) is 4.19. The van der Waals surface area contributed by atoms with Crippen LogP contribution in [0.25, 0.3) is 21.8 Å². The number of nitrogens with zero attached hydrogens (tertiary/aromatic N) is 3. The third-order valence-electron chi connectivity index (χ3n) is 3.95. The maximum Gasteiger partial charge on any atom is 0.354 e. The summed E-state index contributed by atoms with van der Waals surface area (Å²) in [7, 11) is 0. The van der Waals surface area contributed by atoms with E-state index < -0.39 is 11.4 Å². The number of hydrogen-bond acceptors (Lipinski definition) is 5. The largest absolute Gasteiger partial charge is 0.477 e. The fourth-order valence-electron chi connectivity index (χ4n) is 2.71. The molecule has 0 spiro atoms. The fraction of sp³-hybridized carbons (Fsp3) is 0. The lowest BCUT2D eigenvalue weighted by molar-refractivity contribution is 0.0692. The molecule has 2 N–H and O–H groups in total. The summed E-state index contributed by atoms with van der Waals surface area (Å²) in [6, 6.07) is 15.6. The van der Waals surface area contributed by atoms with Crippen molar-refractivity contribution in [1.82, 2.24) is 9.97 Å². The second kappa shape index (κ2) is 6.21. The van der Waals surface area contributed by atoms with Crippen molar-refractivity contribution >= 4 is 39.1 Å². The van der Waals surface area contributed by atoms with E-state index in [4.69, 9.17) is 0 Å². The van der Waals surface area contributed by atoms with Crippen molar-refractivity contribution in [2.75, 3.05) is 0 Å². The summed E-state index contributed by atoms with van der Waals surface area (Å²) in [6.07, 6.45) is 1.69. The van der Waals surface area contributed by atoms with Gasteiger partial charge < -0.3 is 10.1 Å². The summed E-state index contributed by atoms with van der Waals surface area (Å²) in [5.41, 5.74) is 0.728. The highest BCUT2D eigenvalue weighted by Crippen LogP contribution is 2.23. The van der Waals surface area contributed by atoms with Gasteiger partial charge in [-0.25, -0.2) is 4.79 Å². The monoisotopic (exact) mass is 344 g/mol. The van der Waals surface area contributed by atoms with Gasteiger partial charge in [-0.05, 0) is 36.4 Å². The van der Waals surface area contributed by atoms with Crippen LogP contribution in [0.1, 0.15) is 10.5 Å². The van der Waals surface area contributed by atoms with Crippen molar-refractivity contribution in [2.45, 2.75) is 0 Å². The number of hydrogen-bond donors (Lipinski definition) is 2. The minimum Gasteiger partial charge on any atom is -0.477 e. The van der Waals surface area contributed by atoms with E-state index in [2.05, 4.69) is 20.2 Å². The number of aromatic carboxylic acids is 1. The second-order valence-electron chi connectivity index (χ2n) is 5.61. The first-order chi connectivity index (χ1) is 12.6. The van der Waals surface area contributed by atoms with Gasteiger partial charge in [0.1, 0.15) is 0 Å². The summed E-state index contributed by atoms with van der Waals surface area (Å²) in [5, 5.41) is 18.6. The van der Waals surface area contributed by atoms with Gasteiger partial charge in [0.15, 0.2) is 11.4 Å². The number of benzene rings is 2. The molecular formula is C19H12N4O3. The van der Waals surface area contributed by atoms with Gasteiger partial charge >= 0.3 is 5.97 Å². The average Bonchev–Trinajstić information content (AvgIpc) is 2.67. The molecule has 0 unspecified atom stereocenters. The zero-order valence-corrected chi connectivity index (χ0v) is 13.4. The lowest BCUT2D eigenvalue weighted by Crippen LogP contribution is -2.11. The number of carbonyl (C=O) groups is 1. The standard InChI is InChI=1S/C19H12N4O3/c24-18-13-5-1-2-6-15(13)21-17(19(25)26)16(18)23-22-12-7-8-14-11(10-12)4-3-9-20-14/h1-10H,(H,21,24)(H,25,26). The SMILES string of the molecule is O=C(O)c1[nH]c2ccccc2c(=O)c1N=Nc1ccc2ncccc2c1. The van der Waals surface area contributed by atoms with Crippen LogP contribution in [0.3, 0.4) is 0 Å².